The van der Waals surface area contributed by atoms with E-state index in [1.807, 2.05) is 30.3 Å². The van der Waals surface area contributed by atoms with Gasteiger partial charge in [-0.1, -0.05) is 54.1 Å². The zero-order valence-corrected chi connectivity index (χ0v) is 19.7. The monoisotopic (exact) mass is 488 g/mol. The van der Waals surface area contributed by atoms with Crippen molar-refractivity contribution in [2.45, 2.75) is 43.8 Å². The fourth-order valence-corrected chi connectivity index (χ4v) is 4.97. The van der Waals surface area contributed by atoms with Crippen LogP contribution in [0.25, 0.3) is 5.57 Å². The summed E-state index contributed by atoms with van der Waals surface area (Å²) in [5.41, 5.74) is 10.5. The van der Waals surface area contributed by atoms with Gasteiger partial charge in [0.25, 0.3) is 0 Å². The molecule has 180 valence electrons. The van der Waals surface area contributed by atoms with Crippen LogP contribution < -0.4 is 16.2 Å². The number of benzene rings is 2. The first kappa shape index (κ1) is 24.4. The van der Waals surface area contributed by atoms with Crippen molar-refractivity contribution in [2.24, 2.45) is 11.5 Å². The molecule has 1 heterocycles. The maximum atomic E-state index is 16.5. The van der Waals surface area contributed by atoms with Gasteiger partial charge < -0.3 is 20.9 Å². The van der Waals surface area contributed by atoms with Crippen LogP contribution in [-0.2, 0) is 21.6 Å². The van der Waals surface area contributed by atoms with Gasteiger partial charge in [0.2, 0.25) is 5.91 Å². The second kappa shape index (κ2) is 9.13. The summed E-state index contributed by atoms with van der Waals surface area (Å²) in [6.45, 7) is 2.46. The molecule has 8 heteroatoms. The zero-order valence-electron chi connectivity index (χ0n) is 19.0. The number of hydrogen-bond acceptors (Lipinski definition) is 4. The number of alkyl halides is 2. The molecule has 0 spiro atoms. The van der Waals surface area contributed by atoms with Gasteiger partial charge in [-0.2, -0.15) is 0 Å². The molecule has 2 aliphatic rings. The molecule has 0 aromatic heterocycles. The molecule has 1 aliphatic carbocycles. The van der Waals surface area contributed by atoms with Crippen LogP contribution in [0.5, 0.6) is 5.75 Å². The third-order valence-electron chi connectivity index (χ3n) is 6.37. The van der Waals surface area contributed by atoms with Crippen LogP contribution in [-0.4, -0.2) is 37.0 Å². The molecule has 1 aliphatic heterocycles. The van der Waals surface area contributed by atoms with Gasteiger partial charge in [-0.05, 0) is 31.5 Å². The van der Waals surface area contributed by atoms with Crippen LogP contribution in [0.3, 0.4) is 0 Å². The molecule has 2 unspecified atom stereocenters. The van der Waals surface area contributed by atoms with Gasteiger partial charge in [0, 0.05) is 40.3 Å². The summed E-state index contributed by atoms with van der Waals surface area (Å²) in [4.78, 5) is 12.4. The Morgan fingerprint density at radius 2 is 2.00 bits per heavy atom. The molecule has 0 radical (unpaired) electrons. The highest BCUT2D eigenvalue weighted by molar-refractivity contribution is 6.33. The summed E-state index contributed by atoms with van der Waals surface area (Å²) >= 11 is 6.63. The quantitative estimate of drug-likeness (QED) is 0.604. The number of hydrogen-bond donors (Lipinski definition) is 2. The van der Waals surface area contributed by atoms with Crippen molar-refractivity contribution in [1.29, 1.82) is 0 Å². The number of fused-ring (bicyclic) bond motifs is 1. The van der Waals surface area contributed by atoms with Crippen LogP contribution in [0.15, 0.2) is 60.2 Å². The number of amides is 1. The fourth-order valence-electron chi connectivity index (χ4n) is 4.69. The van der Waals surface area contributed by atoms with Gasteiger partial charge in [-0.3, -0.25) is 4.79 Å². The predicted molar refractivity (Wildman–Crippen MR) is 128 cm³/mol. The SMILES string of the molecule is C[C@@H](F)COC1C=CC(C(N)=O)=C(c2c(Cl)ccc3c2C[C@@](CN)(c2ccccc2)O3)C1(C)F. The maximum absolute atomic E-state index is 16.5. The van der Waals surface area contributed by atoms with Crippen molar-refractivity contribution in [3.05, 3.63) is 81.9 Å². The van der Waals surface area contributed by atoms with Crippen molar-refractivity contribution in [3.8, 4) is 5.75 Å². The van der Waals surface area contributed by atoms with Crippen LogP contribution >= 0.6 is 11.6 Å². The van der Waals surface area contributed by atoms with Gasteiger partial charge in [0.05, 0.1) is 6.61 Å². The lowest BCUT2D eigenvalue weighted by Gasteiger charge is -2.36. The lowest BCUT2D eigenvalue weighted by Crippen LogP contribution is -2.42. The van der Waals surface area contributed by atoms with E-state index >= 15 is 4.39 Å². The van der Waals surface area contributed by atoms with Gasteiger partial charge in [-0.25, -0.2) is 8.78 Å². The maximum Gasteiger partial charge on any atom is 0.249 e. The van der Waals surface area contributed by atoms with E-state index in [4.69, 9.17) is 32.5 Å². The Labute approximate surface area is 202 Å². The molecule has 1 amide bonds. The Balaban J connectivity index is 1.88. The molecular weight excluding hydrogens is 462 g/mol. The number of rotatable bonds is 7. The minimum absolute atomic E-state index is 0.00894. The van der Waals surface area contributed by atoms with E-state index < -0.39 is 29.5 Å². The van der Waals surface area contributed by atoms with Gasteiger partial charge in [0.1, 0.15) is 18.0 Å². The Hall–Kier alpha value is -2.74. The highest BCUT2D eigenvalue weighted by Gasteiger charge is 2.48. The molecule has 5 nitrogen and oxygen atoms in total. The van der Waals surface area contributed by atoms with Gasteiger partial charge in [-0.15, -0.1) is 0 Å². The third-order valence-corrected chi connectivity index (χ3v) is 6.68. The normalized spacial score (nSPS) is 26.8. The third kappa shape index (κ3) is 4.13. The lowest BCUT2D eigenvalue weighted by atomic mass is 9.76. The molecule has 0 saturated heterocycles. The van der Waals surface area contributed by atoms with Crippen molar-refractivity contribution < 1.29 is 23.0 Å². The van der Waals surface area contributed by atoms with Crippen molar-refractivity contribution in [1.82, 2.24) is 0 Å². The van der Waals surface area contributed by atoms with Crippen LogP contribution in [0.4, 0.5) is 8.78 Å². The summed E-state index contributed by atoms with van der Waals surface area (Å²) in [6, 6.07) is 12.8. The number of carbonyl (C=O) groups is 1. The van der Waals surface area contributed by atoms with Crippen LogP contribution in [0.1, 0.15) is 30.5 Å². The Morgan fingerprint density at radius 3 is 2.62 bits per heavy atom. The summed E-state index contributed by atoms with van der Waals surface area (Å²) in [5.74, 6) is -0.321. The molecule has 34 heavy (non-hydrogen) atoms. The standard InChI is InChI=1S/C26H27ClF2N2O3/c1-15(28)13-33-21-11-8-17(24(31)32)23(25(21,2)29)22-18-12-26(14-30,16-6-4-3-5-7-16)34-20(18)10-9-19(22)27/h3-11,15,21H,12-14,30H2,1-2H3,(H2,31,32)/t15-,21?,25?,26-/m1/s1. The molecule has 2 aromatic rings. The average molecular weight is 489 g/mol. The minimum Gasteiger partial charge on any atom is -0.481 e. The Kier molecular flexibility index (Phi) is 6.55. The highest BCUT2D eigenvalue weighted by Crippen LogP contribution is 2.51. The highest BCUT2D eigenvalue weighted by atomic mass is 35.5. The van der Waals surface area contributed by atoms with E-state index in [1.54, 1.807) is 12.1 Å². The van der Waals surface area contributed by atoms with E-state index in [9.17, 15) is 9.18 Å². The summed E-state index contributed by atoms with van der Waals surface area (Å²) in [5, 5.41) is 0.230. The van der Waals surface area contributed by atoms with Crippen molar-refractivity contribution >= 4 is 23.1 Å². The number of primary amides is 1. The Morgan fingerprint density at radius 1 is 1.29 bits per heavy atom. The molecular formula is C26H27ClF2N2O3. The van der Waals surface area contributed by atoms with E-state index in [1.165, 1.54) is 26.0 Å². The molecule has 4 N–H and O–H groups in total. The topological polar surface area (TPSA) is 87.6 Å². The van der Waals surface area contributed by atoms with Crippen molar-refractivity contribution in [3.63, 3.8) is 0 Å². The summed E-state index contributed by atoms with van der Waals surface area (Å²) < 4.78 is 41.8. The predicted octanol–water partition coefficient (Wildman–Crippen LogP) is 4.41. The van der Waals surface area contributed by atoms with Gasteiger partial charge >= 0.3 is 0 Å². The number of carbonyl (C=O) groups excluding carboxylic acids is 1. The van der Waals surface area contributed by atoms with Crippen molar-refractivity contribution in [2.75, 3.05) is 13.2 Å². The second-order valence-electron chi connectivity index (χ2n) is 8.86. The molecule has 4 atom stereocenters. The average Bonchev–Trinajstić information content (AvgIpc) is 3.19. The first-order valence-corrected chi connectivity index (χ1v) is 11.4. The summed E-state index contributed by atoms with van der Waals surface area (Å²) in [6.07, 6.45) is 0.662. The largest absolute Gasteiger partial charge is 0.481 e. The number of halogens is 3. The molecule has 2 aromatic carbocycles. The van der Waals surface area contributed by atoms with E-state index in [-0.39, 0.29) is 29.3 Å². The minimum atomic E-state index is -2.23. The molecule has 0 bridgehead atoms. The van der Waals surface area contributed by atoms with Crippen LogP contribution in [0.2, 0.25) is 5.02 Å². The molecule has 4 rings (SSSR count). The Bertz CT molecular complexity index is 1160. The summed E-state index contributed by atoms with van der Waals surface area (Å²) in [7, 11) is 0. The van der Waals surface area contributed by atoms with Crippen LogP contribution in [0, 0.1) is 0 Å². The molecule has 0 saturated carbocycles. The lowest BCUT2D eigenvalue weighted by molar-refractivity contribution is -0.114. The first-order chi connectivity index (χ1) is 16.1. The molecule has 0 fully saturated rings. The second-order valence-corrected chi connectivity index (χ2v) is 9.27. The van der Waals surface area contributed by atoms with E-state index in [0.29, 0.717) is 23.3 Å². The number of nitrogens with two attached hydrogens (primary N) is 2. The smallest absolute Gasteiger partial charge is 0.249 e. The van der Waals surface area contributed by atoms with Gasteiger partial charge in [0.15, 0.2) is 11.3 Å². The number of ether oxygens (including phenoxy) is 2. The van der Waals surface area contributed by atoms with E-state index in [0.717, 1.165) is 5.56 Å². The fraction of sp³-hybridized carbons (Fsp3) is 0.346. The zero-order chi connectivity index (χ0) is 24.7. The van der Waals surface area contributed by atoms with E-state index in [2.05, 4.69) is 0 Å². The first-order valence-electron chi connectivity index (χ1n) is 11.0.